The number of hydrogen-bond donors (Lipinski definition) is 2. The second-order valence-corrected chi connectivity index (χ2v) is 5.67. The Kier molecular flexibility index (Phi) is 4.66. The van der Waals surface area contributed by atoms with Gasteiger partial charge in [0.2, 0.25) is 0 Å². The van der Waals surface area contributed by atoms with E-state index in [2.05, 4.69) is 15.6 Å². The molecule has 0 unspecified atom stereocenters. The molecule has 0 radical (unpaired) electrons. The molecule has 5 nitrogen and oxygen atoms in total. The molecule has 3 rings (SSSR count). The number of rotatable bonds is 4. The standard InChI is InChI=1S/C18H19N3O2/c22-17(20-13-7-1-2-8-13)14-9-3-4-10-15(14)21-18(23)16-11-5-6-12-19-16/h3-6,9-13H,1-2,7-8H2,(H,20,22)(H,21,23). The minimum absolute atomic E-state index is 0.145. The van der Waals surface area contributed by atoms with Gasteiger partial charge in [-0.25, -0.2) is 0 Å². The summed E-state index contributed by atoms with van der Waals surface area (Å²) in [5.74, 6) is -0.472. The summed E-state index contributed by atoms with van der Waals surface area (Å²) in [6, 6.07) is 12.4. The summed E-state index contributed by atoms with van der Waals surface area (Å²) >= 11 is 0. The highest BCUT2D eigenvalue weighted by molar-refractivity contribution is 6.08. The molecule has 2 N–H and O–H groups in total. The van der Waals surface area contributed by atoms with Crippen molar-refractivity contribution in [3.05, 3.63) is 59.9 Å². The normalized spacial score (nSPS) is 14.4. The first-order chi connectivity index (χ1) is 11.2. The third-order valence-corrected chi connectivity index (χ3v) is 4.01. The van der Waals surface area contributed by atoms with E-state index < -0.39 is 0 Å². The SMILES string of the molecule is O=C(Nc1ccccc1C(=O)NC1CCCC1)c1ccccn1. The van der Waals surface area contributed by atoms with E-state index in [4.69, 9.17) is 0 Å². The molecule has 0 spiro atoms. The summed E-state index contributed by atoms with van der Waals surface area (Å²) in [6.45, 7) is 0. The smallest absolute Gasteiger partial charge is 0.274 e. The third-order valence-electron chi connectivity index (χ3n) is 4.01. The van der Waals surface area contributed by atoms with E-state index in [0.717, 1.165) is 25.7 Å². The van der Waals surface area contributed by atoms with Gasteiger partial charge in [-0.1, -0.05) is 31.0 Å². The van der Waals surface area contributed by atoms with E-state index in [1.165, 1.54) is 0 Å². The quantitative estimate of drug-likeness (QED) is 0.912. The molecule has 23 heavy (non-hydrogen) atoms. The third kappa shape index (κ3) is 3.74. The molecule has 1 saturated carbocycles. The molecule has 118 valence electrons. The highest BCUT2D eigenvalue weighted by Crippen LogP contribution is 2.20. The van der Waals surface area contributed by atoms with Crippen LogP contribution >= 0.6 is 0 Å². The minimum atomic E-state index is -0.327. The predicted molar refractivity (Wildman–Crippen MR) is 88.4 cm³/mol. The summed E-state index contributed by atoms with van der Waals surface area (Å²) in [4.78, 5) is 28.7. The summed E-state index contributed by atoms with van der Waals surface area (Å²) in [6.07, 6.45) is 5.92. The number of carbonyl (C=O) groups is 2. The van der Waals surface area contributed by atoms with Gasteiger partial charge >= 0.3 is 0 Å². The summed E-state index contributed by atoms with van der Waals surface area (Å²) in [5, 5.41) is 5.81. The van der Waals surface area contributed by atoms with Crippen LogP contribution in [0.1, 0.15) is 46.5 Å². The van der Waals surface area contributed by atoms with Crippen LogP contribution in [0, 0.1) is 0 Å². The number of carbonyl (C=O) groups excluding carboxylic acids is 2. The maximum Gasteiger partial charge on any atom is 0.274 e. The van der Waals surface area contributed by atoms with Gasteiger partial charge in [0.1, 0.15) is 5.69 Å². The van der Waals surface area contributed by atoms with Crippen molar-refractivity contribution in [2.45, 2.75) is 31.7 Å². The van der Waals surface area contributed by atoms with Crippen LogP contribution in [-0.4, -0.2) is 22.8 Å². The van der Waals surface area contributed by atoms with Crippen LogP contribution in [0.25, 0.3) is 0 Å². The molecule has 1 aliphatic carbocycles. The van der Waals surface area contributed by atoms with Crippen molar-refractivity contribution in [1.29, 1.82) is 0 Å². The zero-order valence-corrected chi connectivity index (χ0v) is 12.8. The monoisotopic (exact) mass is 309 g/mol. The number of aromatic nitrogens is 1. The number of nitrogens with one attached hydrogen (secondary N) is 2. The summed E-state index contributed by atoms with van der Waals surface area (Å²) in [5.41, 5.74) is 1.29. The Balaban J connectivity index is 1.75. The Labute approximate surface area is 135 Å². The Morgan fingerprint density at radius 2 is 1.70 bits per heavy atom. The molecular formula is C18H19N3O2. The van der Waals surface area contributed by atoms with E-state index in [1.807, 2.05) is 0 Å². The molecule has 1 aromatic carbocycles. The van der Waals surface area contributed by atoms with Crippen molar-refractivity contribution in [1.82, 2.24) is 10.3 Å². The number of benzene rings is 1. The van der Waals surface area contributed by atoms with Gasteiger partial charge in [-0.05, 0) is 37.1 Å². The van der Waals surface area contributed by atoms with E-state index in [-0.39, 0.29) is 17.9 Å². The first-order valence-electron chi connectivity index (χ1n) is 7.86. The Morgan fingerprint density at radius 3 is 2.43 bits per heavy atom. The fourth-order valence-corrected chi connectivity index (χ4v) is 2.81. The second kappa shape index (κ2) is 7.05. The zero-order chi connectivity index (χ0) is 16.1. The Morgan fingerprint density at radius 1 is 0.957 bits per heavy atom. The fourth-order valence-electron chi connectivity index (χ4n) is 2.81. The van der Waals surface area contributed by atoms with Crippen molar-refractivity contribution in [2.75, 3.05) is 5.32 Å². The average molecular weight is 309 g/mol. The van der Waals surface area contributed by atoms with Crippen LogP contribution in [0.4, 0.5) is 5.69 Å². The molecule has 0 aliphatic heterocycles. The van der Waals surface area contributed by atoms with E-state index in [0.29, 0.717) is 16.9 Å². The number of pyridine rings is 1. The Hall–Kier alpha value is -2.69. The molecule has 1 heterocycles. The first kappa shape index (κ1) is 15.2. The van der Waals surface area contributed by atoms with Crippen LogP contribution in [-0.2, 0) is 0 Å². The van der Waals surface area contributed by atoms with Crippen LogP contribution in [0.5, 0.6) is 0 Å². The molecule has 5 heteroatoms. The summed E-state index contributed by atoms with van der Waals surface area (Å²) in [7, 11) is 0. The van der Waals surface area contributed by atoms with Crippen molar-refractivity contribution in [2.24, 2.45) is 0 Å². The Bertz CT molecular complexity index is 694. The van der Waals surface area contributed by atoms with Gasteiger partial charge in [-0.2, -0.15) is 0 Å². The highest BCUT2D eigenvalue weighted by Gasteiger charge is 2.20. The maximum atomic E-state index is 12.5. The number of anilines is 1. The second-order valence-electron chi connectivity index (χ2n) is 5.67. The largest absolute Gasteiger partial charge is 0.349 e. The fraction of sp³-hybridized carbons (Fsp3) is 0.278. The molecule has 1 aromatic heterocycles. The average Bonchev–Trinajstić information content (AvgIpc) is 3.09. The number of nitrogens with zero attached hydrogens (tertiary/aromatic N) is 1. The van der Waals surface area contributed by atoms with Gasteiger partial charge in [0.05, 0.1) is 11.3 Å². The topological polar surface area (TPSA) is 71.1 Å². The van der Waals surface area contributed by atoms with Gasteiger partial charge in [0.15, 0.2) is 0 Å². The highest BCUT2D eigenvalue weighted by atomic mass is 16.2. The minimum Gasteiger partial charge on any atom is -0.349 e. The van der Waals surface area contributed by atoms with Gasteiger partial charge < -0.3 is 10.6 Å². The van der Waals surface area contributed by atoms with Gasteiger partial charge in [-0.3, -0.25) is 14.6 Å². The van der Waals surface area contributed by atoms with Crippen molar-refractivity contribution in [3.63, 3.8) is 0 Å². The lowest BCUT2D eigenvalue weighted by atomic mass is 10.1. The predicted octanol–water partition coefficient (Wildman–Crippen LogP) is 3.01. The van der Waals surface area contributed by atoms with Gasteiger partial charge in [-0.15, -0.1) is 0 Å². The summed E-state index contributed by atoms with van der Waals surface area (Å²) < 4.78 is 0. The molecule has 1 fully saturated rings. The van der Waals surface area contributed by atoms with Crippen molar-refractivity contribution < 1.29 is 9.59 Å². The molecule has 0 saturated heterocycles. The lowest BCUT2D eigenvalue weighted by Crippen LogP contribution is -2.33. The van der Waals surface area contributed by atoms with Crippen LogP contribution in [0.3, 0.4) is 0 Å². The molecule has 2 amide bonds. The van der Waals surface area contributed by atoms with Gasteiger partial charge in [0.25, 0.3) is 11.8 Å². The molecule has 2 aromatic rings. The van der Waals surface area contributed by atoms with Crippen molar-refractivity contribution >= 4 is 17.5 Å². The van der Waals surface area contributed by atoms with Crippen LogP contribution in [0.15, 0.2) is 48.7 Å². The molecule has 0 bridgehead atoms. The van der Waals surface area contributed by atoms with E-state index in [9.17, 15) is 9.59 Å². The first-order valence-corrected chi connectivity index (χ1v) is 7.86. The van der Waals surface area contributed by atoms with Crippen LogP contribution in [0.2, 0.25) is 0 Å². The number of hydrogen-bond acceptors (Lipinski definition) is 3. The molecule has 0 atom stereocenters. The lowest BCUT2D eigenvalue weighted by molar-refractivity contribution is 0.0939. The molecular weight excluding hydrogens is 290 g/mol. The molecule has 1 aliphatic rings. The lowest BCUT2D eigenvalue weighted by Gasteiger charge is -2.14. The van der Waals surface area contributed by atoms with Crippen LogP contribution < -0.4 is 10.6 Å². The zero-order valence-electron chi connectivity index (χ0n) is 12.8. The maximum absolute atomic E-state index is 12.5. The van der Waals surface area contributed by atoms with Gasteiger partial charge in [0, 0.05) is 12.2 Å². The number of amides is 2. The van der Waals surface area contributed by atoms with E-state index in [1.54, 1.807) is 48.7 Å². The number of para-hydroxylation sites is 1. The van der Waals surface area contributed by atoms with E-state index >= 15 is 0 Å². The van der Waals surface area contributed by atoms with Crippen molar-refractivity contribution in [3.8, 4) is 0 Å².